The standard InChI is InChI=1S/C17H30N4/c1-17(2,3)19-12-14-11-15(8-9-18-14)21(5)13-16-7-6-10-20(16)4/h8-9,11,16,19H,6-7,10,12-13H2,1-5H3. The first-order valence-electron chi connectivity index (χ1n) is 7.96. The lowest BCUT2D eigenvalue weighted by Crippen LogP contribution is -2.37. The second-order valence-corrected chi connectivity index (χ2v) is 7.27. The van der Waals surface area contributed by atoms with Crippen LogP contribution in [0.1, 0.15) is 39.3 Å². The second-order valence-electron chi connectivity index (χ2n) is 7.27. The molecule has 2 heterocycles. The number of hydrogen-bond donors (Lipinski definition) is 1. The second kappa shape index (κ2) is 6.75. The summed E-state index contributed by atoms with van der Waals surface area (Å²) in [6, 6.07) is 4.99. The monoisotopic (exact) mass is 290 g/mol. The van der Waals surface area contributed by atoms with Crippen LogP contribution in [0, 0.1) is 0 Å². The zero-order chi connectivity index (χ0) is 15.5. The third-order valence-corrected chi connectivity index (χ3v) is 4.20. The van der Waals surface area contributed by atoms with Crippen LogP contribution in [0.5, 0.6) is 0 Å². The number of likely N-dealkylation sites (N-methyl/N-ethyl adjacent to an activating group) is 2. The van der Waals surface area contributed by atoms with E-state index in [0.29, 0.717) is 6.04 Å². The molecule has 1 N–H and O–H groups in total. The van der Waals surface area contributed by atoms with Crippen LogP contribution in [0.2, 0.25) is 0 Å². The van der Waals surface area contributed by atoms with Crippen LogP contribution in [0.4, 0.5) is 5.69 Å². The van der Waals surface area contributed by atoms with Crippen molar-refractivity contribution < 1.29 is 0 Å². The number of likely N-dealkylation sites (tertiary alicyclic amines) is 1. The van der Waals surface area contributed by atoms with E-state index in [-0.39, 0.29) is 5.54 Å². The summed E-state index contributed by atoms with van der Waals surface area (Å²) in [5, 5.41) is 3.50. The Kier molecular flexibility index (Phi) is 5.22. The predicted octanol–water partition coefficient (Wildman–Crippen LogP) is 2.50. The van der Waals surface area contributed by atoms with Crippen molar-refractivity contribution in [2.75, 3.05) is 32.1 Å². The highest BCUT2D eigenvalue weighted by molar-refractivity contribution is 5.46. The zero-order valence-electron chi connectivity index (χ0n) is 14.2. The van der Waals surface area contributed by atoms with Crippen molar-refractivity contribution >= 4 is 5.69 Å². The third kappa shape index (κ3) is 4.97. The van der Waals surface area contributed by atoms with Gasteiger partial charge in [-0.2, -0.15) is 0 Å². The Morgan fingerprint density at radius 3 is 2.81 bits per heavy atom. The van der Waals surface area contributed by atoms with Crippen LogP contribution in [-0.4, -0.2) is 48.6 Å². The first-order valence-corrected chi connectivity index (χ1v) is 7.96. The van der Waals surface area contributed by atoms with Crippen molar-refractivity contribution in [3.63, 3.8) is 0 Å². The summed E-state index contributed by atoms with van der Waals surface area (Å²) in [7, 11) is 4.42. The maximum Gasteiger partial charge on any atom is 0.0562 e. The van der Waals surface area contributed by atoms with Crippen molar-refractivity contribution in [3.05, 3.63) is 24.0 Å². The minimum atomic E-state index is 0.121. The molecule has 1 unspecified atom stereocenters. The quantitative estimate of drug-likeness (QED) is 0.903. The molecule has 0 saturated carbocycles. The van der Waals surface area contributed by atoms with Gasteiger partial charge in [-0.3, -0.25) is 4.98 Å². The maximum atomic E-state index is 4.47. The minimum absolute atomic E-state index is 0.121. The van der Waals surface area contributed by atoms with E-state index >= 15 is 0 Å². The fraction of sp³-hybridized carbons (Fsp3) is 0.706. The average molecular weight is 290 g/mol. The summed E-state index contributed by atoms with van der Waals surface area (Å²) >= 11 is 0. The Bertz CT molecular complexity index is 452. The molecule has 0 aromatic carbocycles. The number of hydrogen-bond acceptors (Lipinski definition) is 4. The van der Waals surface area contributed by atoms with E-state index in [0.717, 1.165) is 18.8 Å². The molecule has 1 fully saturated rings. The normalized spacial score (nSPS) is 20.0. The van der Waals surface area contributed by atoms with Crippen molar-refractivity contribution in [1.29, 1.82) is 0 Å². The molecule has 1 aliphatic rings. The highest BCUT2D eigenvalue weighted by atomic mass is 15.2. The number of anilines is 1. The third-order valence-electron chi connectivity index (χ3n) is 4.20. The molecule has 4 heteroatoms. The molecule has 1 aromatic heterocycles. The Labute approximate surface area is 129 Å². The Morgan fingerprint density at radius 2 is 2.19 bits per heavy atom. The van der Waals surface area contributed by atoms with Gasteiger partial charge in [-0.15, -0.1) is 0 Å². The summed E-state index contributed by atoms with van der Waals surface area (Å²) < 4.78 is 0. The van der Waals surface area contributed by atoms with E-state index in [1.54, 1.807) is 0 Å². The molecule has 0 bridgehead atoms. The molecule has 2 rings (SSSR count). The zero-order valence-corrected chi connectivity index (χ0v) is 14.2. The molecule has 1 atom stereocenters. The lowest BCUT2D eigenvalue weighted by Gasteiger charge is -2.27. The topological polar surface area (TPSA) is 31.4 Å². The molecule has 118 valence electrons. The fourth-order valence-electron chi connectivity index (χ4n) is 2.79. The van der Waals surface area contributed by atoms with Crippen molar-refractivity contribution in [2.45, 2.75) is 51.7 Å². The van der Waals surface area contributed by atoms with Crippen LogP contribution in [-0.2, 0) is 6.54 Å². The van der Waals surface area contributed by atoms with Gasteiger partial charge in [0, 0.05) is 43.6 Å². The van der Waals surface area contributed by atoms with Gasteiger partial charge >= 0.3 is 0 Å². The van der Waals surface area contributed by atoms with Crippen LogP contribution < -0.4 is 10.2 Å². The summed E-state index contributed by atoms with van der Waals surface area (Å²) in [5.74, 6) is 0. The Hall–Kier alpha value is -1.13. The van der Waals surface area contributed by atoms with E-state index in [2.05, 4.69) is 67.1 Å². The lowest BCUT2D eigenvalue weighted by molar-refractivity contribution is 0.314. The minimum Gasteiger partial charge on any atom is -0.373 e. The van der Waals surface area contributed by atoms with E-state index in [1.165, 1.54) is 25.1 Å². The highest BCUT2D eigenvalue weighted by Gasteiger charge is 2.22. The van der Waals surface area contributed by atoms with Gasteiger partial charge in [0.15, 0.2) is 0 Å². The van der Waals surface area contributed by atoms with Crippen molar-refractivity contribution in [2.24, 2.45) is 0 Å². The number of rotatable bonds is 5. The predicted molar refractivity (Wildman–Crippen MR) is 89.8 cm³/mol. The molecular weight excluding hydrogens is 260 g/mol. The average Bonchev–Trinajstić information content (AvgIpc) is 2.81. The molecule has 21 heavy (non-hydrogen) atoms. The first-order chi connectivity index (χ1) is 9.85. The fourth-order valence-corrected chi connectivity index (χ4v) is 2.79. The van der Waals surface area contributed by atoms with E-state index in [9.17, 15) is 0 Å². The van der Waals surface area contributed by atoms with E-state index < -0.39 is 0 Å². The molecule has 0 aliphatic carbocycles. The molecule has 1 saturated heterocycles. The number of aromatic nitrogens is 1. The van der Waals surface area contributed by atoms with Crippen LogP contribution in [0.3, 0.4) is 0 Å². The van der Waals surface area contributed by atoms with Gasteiger partial charge in [-0.1, -0.05) is 0 Å². The molecule has 4 nitrogen and oxygen atoms in total. The number of nitrogens with zero attached hydrogens (tertiary/aromatic N) is 3. The molecule has 0 spiro atoms. The van der Waals surface area contributed by atoms with Gasteiger partial charge in [0.2, 0.25) is 0 Å². The number of pyridine rings is 1. The van der Waals surface area contributed by atoms with Gasteiger partial charge in [-0.05, 0) is 59.3 Å². The van der Waals surface area contributed by atoms with Crippen LogP contribution in [0.25, 0.3) is 0 Å². The smallest absolute Gasteiger partial charge is 0.0562 e. The SMILES string of the molecule is CN(CC1CCCN1C)c1ccnc(CNC(C)(C)C)c1. The van der Waals surface area contributed by atoms with Crippen molar-refractivity contribution in [3.8, 4) is 0 Å². The molecule has 1 aliphatic heterocycles. The molecule has 1 aromatic rings. The summed E-state index contributed by atoms with van der Waals surface area (Å²) in [5.41, 5.74) is 2.49. The Balaban J connectivity index is 1.96. The van der Waals surface area contributed by atoms with Gasteiger partial charge in [-0.25, -0.2) is 0 Å². The Morgan fingerprint density at radius 1 is 1.43 bits per heavy atom. The van der Waals surface area contributed by atoms with Gasteiger partial charge < -0.3 is 15.1 Å². The van der Waals surface area contributed by atoms with E-state index in [1.807, 2.05) is 6.20 Å². The van der Waals surface area contributed by atoms with Crippen LogP contribution >= 0.6 is 0 Å². The maximum absolute atomic E-state index is 4.47. The van der Waals surface area contributed by atoms with Crippen LogP contribution in [0.15, 0.2) is 18.3 Å². The summed E-state index contributed by atoms with van der Waals surface area (Å²) in [4.78, 5) is 9.30. The molecule has 0 amide bonds. The summed E-state index contributed by atoms with van der Waals surface area (Å²) in [6.45, 7) is 9.67. The summed E-state index contributed by atoms with van der Waals surface area (Å²) in [6.07, 6.45) is 4.56. The lowest BCUT2D eigenvalue weighted by atomic mass is 10.1. The largest absolute Gasteiger partial charge is 0.373 e. The molecule has 0 radical (unpaired) electrons. The highest BCUT2D eigenvalue weighted by Crippen LogP contribution is 2.19. The first kappa shape index (κ1) is 16.2. The number of nitrogens with one attached hydrogen (secondary N) is 1. The van der Waals surface area contributed by atoms with Gasteiger partial charge in [0.05, 0.1) is 5.69 Å². The molecular formula is C17H30N4. The van der Waals surface area contributed by atoms with Gasteiger partial charge in [0.25, 0.3) is 0 Å². The van der Waals surface area contributed by atoms with Crippen molar-refractivity contribution in [1.82, 2.24) is 15.2 Å². The van der Waals surface area contributed by atoms with Gasteiger partial charge in [0.1, 0.15) is 0 Å². The van der Waals surface area contributed by atoms with E-state index in [4.69, 9.17) is 0 Å².